The van der Waals surface area contributed by atoms with Crippen LogP contribution in [0.25, 0.3) is 0 Å². The number of piperidine rings is 1. The van der Waals surface area contributed by atoms with E-state index in [1.807, 2.05) is 11.8 Å². The van der Waals surface area contributed by atoms with Crippen LogP contribution in [0.5, 0.6) is 0 Å². The summed E-state index contributed by atoms with van der Waals surface area (Å²) >= 11 is 12.3. The van der Waals surface area contributed by atoms with Gasteiger partial charge in [-0.25, -0.2) is 4.79 Å². The number of benzene rings is 1. The monoisotopic (exact) mass is 577 g/mol. The third kappa shape index (κ3) is 6.50. The van der Waals surface area contributed by atoms with Crippen molar-refractivity contribution in [2.24, 2.45) is 11.3 Å². The maximum Gasteiger partial charge on any atom is 0.409 e. The van der Waals surface area contributed by atoms with E-state index in [4.69, 9.17) is 27.9 Å². The lowest BCUT2D eigenvalue weighted by atomic mass is 9.93. The molecule has 4 rings (SSSR count). The van der Waals surface area contributed by atoms with Crippen LogP contribution in [-0.2, 0) is 14.3 Å². The molecule has 1 saturated carbocycles. The fourth-order valence-electron chi connectivity index (χ4n) is 5.29. The normalized spacial score (nSPS) is 23.3. The summed E-state index contributed by atoms with van der Waals surface area (Å²) in [6.07, 6.45) is -3.63. The topological polar surface area (TPSA) is 70.2 Å². The van der Waals surface area contributed by atoms with Gasteiger partial charge in [-0.15, -0.1) is 0 Å². The number of likely N-dealkylation sites (N-methyl/N-ethyl adjacent to an activating group) is 1. The fourth-order valence-corrected chi connectivity index (χ4v) is 5.60. The summed E-state index contributed by atoms with van der Waals surface area (Å²) in [5, 5.41) is 0.684. The predicted molar refractivity (Wildman–Crippen MR) is 136 cm³/mol. The van der Waals surface area contributed by atoms with E-state index in [1.54, 1.807) is 23.1 Å². The highest BCUT2D eigenvalue weighted by Gasteiger charge is 2.48. The molecule has 12 heteroatoms. The van der Waals surface area contributed by atoms with Crippen LogP contribution < -0.4 is 0 Å². The van der Waals surface area contributed by atoms with Gasteiger partial charge in [0, 0.05) is 50.5 Å². The van der Waals surface area contributed by atoms with Gasteiger partial charge in [0.1, 0.15) is 6.61 Å². The molecule has 210 valence electrons. The number of hydrogen-bond acceptors (Lipinski definition) is 4. The first-order chi connectivity index (χ1) is 17.8. The molecule has 3 fully saturated rings. The number of carbonyl (C=O) groups excluding carboxylic acids is 3. The maximum atomic E-state index is 13.5. The summed E-state index contributed by atoms with van der Waals surface area (Å²) in [5.41, 5.74) is 0.513. The summed E-state index contributed by atoms with van der Waals surface area (Å²) in [5.74, 6) is -0.482. The second-order valence-electron chi connectivity index (χ2n) is 10.8. The van der Waals surface area contributed by atoms with Gasteiger partial charge >= 0.3 is 12.3 Å². The molecule has 7 nitrogen and oxygen atoms in total. The van der Waals surface area contributed by atoms with E-state index < -0.39 is 31.3 Å². The summed E-state index contributed by atoms with van der Waals surface area (Å²) in [4.78, 5) is 43.6. The van der Waals surface area contributed by atoms with Gasteiger partial charge in [-0.1, -0.05) is 36.2 Å². The third-order valence-corrected chi connectivity index (χ3v) is 8.76. The Morgan fingerprint density at radius 1 is 1.08 bits per heavy atom. The Morgan fingerprint density at radius 3 is 2.32 bits per heavy atom. The predicted octanol–water partition coefficient (Wildman–Crippen LogP) is 5.35. The first-order valence-electron chi connectivity index (χ1n) is 12.8. The number of ether oxygens (including phenoxy) is 1. The Morgan fingerprint density at radius 2 is 1.74 bits per heavy atom. The van der Waals surface area contributed by atoms with Gasteiger partial charge in [0.05, 0.1) is 22.5 Å². The van der Waals surface area contributed by atoms with Gasteiger partial charge in [0.2, 0.25) is 11.8 Å². The third-order valence-electron chi connectivity index (χ3n) is 8.02. The van der Waals surface area contributed by atoms with Gasteiger partial charge in [-0.3, -0.25) is 9.59 Å². The Bertz CT molecular complexity index is 1070. The summed E-state index contributed by atoms with van der Waals surface area (Å²) in [6, 6.07) is 4.55. The molecule has 2 atom stereocenters. The van der Waals surface area contributed by atoms with E-state index in [-0.39, 0.29) is 35.6 Å². The quantitative estimate of drug-likeness (QED) is 0.457. The summed E-state index contributed by atoms with van der Waals surface area (Å²) in [6.45, 7) is 2.76. The van der Waals surface area contributed by atoms with Crippen molar-refractivity contribution in [1.29, 1.82) is 0 Å². The molecular formula is C26H32Cl2F3N3O4. The number of rotatable bonds is 6. The molecule has 1 aliphatic carbocycles. The first-order valence-corrected chi connectivity index (χ1v) is 13.5. The largest absolute Gasteiger partial charge is 0.449 e. The lowest BCUT2D eigenvalue weighted by molar-refractivity contribution is -0.142. The van der Waals surface area contributed by atoms with E-state index in [2.05, 4.69) is 0 Å². The highest BCUT2D eigenvalue weighted by atomic mass is 35.5. The van der Waals surface area contributed by atoms with Crippen LogP contribution in [0.15, 0.2) is 18.2 Å². The minimum atomic E-state index is -4.44. The van der Waals surface area contributed by atoms with E-state index in [1.165, 1.54) is 11.9 Å². The van der Waals surface area contributed by atoms with Crippen LogP contribution in [-0.4, -0.2) is 84.7 Å². The molecule has 38 heavy (non-hydrogen) atoms. The van der Waals surface area contributed by atoms with Crippen molar-refractivity contribution in [2.75, 3.05) is 39.8 Å². The number of nitrogens with zero attached hydrogens (tertiary/aromatic N) is 3. The minimum Gasteiger partial charge on any atom is -0.449 e. The lowest BCUT2D eigenvalue weighted by Crippen LogP contribution is -2.46. The van der Waals surface area contributed by atoms with Crippen LogP contribution >= 0.6 is 23.2 Å². The first kappa shape index (κ1) is 28.8. The van der Waals surface area contributed by atoms with Crippen LogP contribution in [0.4, 0.5) is 18.0 Å². The molecule has 0 N–H and O–H groups in total. The van der Waals surface area contributed by atoms with E-state index in [9.17, 15) is 27.6 Å². The van der Waals surface area contributed by atoms with E-state index >= 15 is 0 Å². The van der Waals surface area contributed by atoms with Gasteiger partial charge < -0.3 is 19.4 Å². The molecule has 0 spiro atoms. The van der Waals surface area contributed by atoms with Gasteiger partial charge in [0.15, 0.2) is 0 Å². The summed E-state index contributed by atoms with van der Waals surface area (Å²) in [7, 11) is 1.46. The van der Waals surface area contributed by atoms with Crippen molar-refractivity contribution in [3.05, 3.63) is 33.8 Å². The van der Waals surface area contributed by atoms with Crippen molar-refractivity contribution in [2.45, 2.75) is 57.2 Å². The van der Waals surface area contributed by atoms with E-state index in [0.29, 0.717) is 42.5 Å². The number of halogens is 5. The number of likely N-dealkylation sites (tertiary alicyclic amines) is 2. The molecule has 2 heterocycles. The van der Waals surface area contributed by atoms with Crippen LogP contribution in [0.1, 0.15) is 50.5 Å². The van der Waals surface area contributed by atoms with Crippen molar-refractivity contribution in [3.8, 4) is 0 Å². The average molecular weight is 578 g/mol. The second-order valence-corrected chi connectivity index (χ2v) is 11.6. The Labute approximate surface area is 230 Å². The number of amides is 3. The zero-order valence-corrected chi connectivity index (χ0v) is 22.9. The Kier molecular flexibility index (Phi) is 8.43. The number of hydrogen-bond donors (Lipinski definition) is 0. The standard InChI is InChI=1S/C26H32Cl2F3N3O4/c1-25(7-8-25)23(36)33-10-5-16(6-11-33)22(35)34-14-18(17-3-4-19(27)20(28)13-17)21(15-34)32(2)24(37)38-12-9-26(29,30)31/h3-4,13,16,18,21H,5-12,14-15H2,1-2H3/t18?,21-/m1/s1. The highest BCUT2D eigenvalue weighted by molar-refractivity contribution is 6.42. The SMILES string of the molecule is CN(C(=O)OCCC(F)(F)F)[C@@H]1CN(C(=O)C2CCN(C(=O)C3(C)CC3)CC2)CC1c1ccc(Cl)c(Cl)c1. The molecule has 3 amide bonds. The highest BCUT2D eigenvalue weighted by Crippen LogP contribution is 2.47. The molecule has 1 aromatic rings. The minimum absolute atomic E-state index is 0.0545. The molecule has 2 saturated heterocycles. The zero-order valence-electron chi connectivity index (χ0n) is 21.4. The van der Waals surface area contributed by atoms with Crippen LogP contribution in [0.2, 0.25) is 10.0 Å². The fraction of sp³-hybridized carbons (Fsp3) is 0.654. The Balaban J connectivity index is 1.44. The Hall–Kier alpha value is -2.20. The second kappa shape index (κ2) is 11.1. The molecule has 0 bridgehead atoms. The van der Waals surface area contributed by atoms with Crippen molar-refractivity contribution in [3.63, 3.8) is 0 Å². The van der Waals surface area contributed by atoms with Crippen molar-refractivity contribution < 1.29 is 32.3 Å². The number of alkyl halides is 3. The molecule has 1 aromatic carbocycles. The number of carbonyl (C=O) groups is 3. The molecular weight excluding hydrogens is 546 g/mol. The molecule has 0 radical (unpaired) electrons. The average Bonchev–Trinajstić information content (AvgIpc) is 3.47. The van der Waals surface area contributed by atoms with Crippen molar-refractivity contribution >= 4 is 41.1 Å². The maximum absolute atomic E-state index is 13.5. The van der Waals surface area contributed by atoms with Crippen LogP contribution in [0.3, 0.4) is 0 Å². The smallest absolute Gasteiger partial charge is 0.409 e. The molecule has 1 unspecified atom stereocenters. The van der Waals surface area contributed by atoms with Gasteiger partial charge in [-0.2, -0.15) is 13.2 Å². The molecule has 2 aliphatic heterocycles. The zero-order chi connectivity index (χ0) is 27.8. The lowest BCUT2D eigenvalue weighted by Gasteiger charge is -2.34. The van der Waals surface area contributed by atoms with Crippen molar-refractivity contribution in [1.82, 2.24) is 14.7 Å². The van der Waals surface area contributed by atoms with Gasteiger partial charge in [-0.05, 0) is 43.4 Å². The molecule has 3 aliphatic rings. The molecule has 0 aromatic heterocycles. The van der Waals surface area contributed by atoms with Crippen LogP contribution in [0, 0.1) is 11.3 Å². The summed E-state index contributed by atoms with van der Waals surface area (Å²) < 4.78 is 42.4. The van der Waals surface area contributed by atoms with Gasteiger partial charge in [0.25, 0.3) is 0 Å². The van der Waals surface area contributed by atoms with E-state index in [0.717, 1.165) is 18.4 Å².